The first-order valence-electron chi connectivity index (χ1n) is 6.01. The largest absolute Gasteiger partial charge is 0.394 e. The van der Waals surface area contributed by atoms with Crippen molar-refractivity contribution in [2.45, 2.75) is 44.0 Å². The van der Waals surface area contributed by atoms with Crippen LogP contribution >= 0.6 is 0 Å². The molecule has 1 aliphatic rings. The molecule has 0 bridgehead atoms. The summed E-state index contributed by atoms with van der Waals surface area (Å²) in [5.41, 5.74) is 0. The SMILES string of the molecule is OCC(O)CNCC(O)COC1CCCC1. The van der Waals surface area contributed by atoms with Crippen LogP contribution in [-0.4, -0.2) is 59.9 Å². The van der Waals surface area contributed by atoms with Crippen LogP contribution in [0.2, 0.25) is 0 Å². The Kier molecular flexibility index (Phi) is 6.91. The van der Waals surface area contributed by atoms with Crippen molar-refractivity contribution in [2.24, 2.45) is 0 Å². The molecule has 0 heterocycles. The fraction of sp³-hybridized carbons (Fsp3) is 1.00. The molecule has 1 fully saturated rings. The van der Waals surface area contributed by atoms with Crippen molar-refractivity contribution >= 4 is 0 Å². The molecule has 1 aliphatic carbocycles. The van der Waals surface area contributed by atoms with Crippen LogP contribution in [0.4, 0.5) is 0 Å². The molecule has 96 valence electrons. The minimum atomic E-state index is -0.761. The van der Waals surface area contributed by atoms with Crippen molar-refractivity contribution in [2.75, 3.05) is 26.3 Å². The second kappa shape index (κ2) is 7.97. The van der Waals surface area contributed by atoms with Crippen molar-refractivity contribution in [1.29, 1.82) is 0 Å². The molecule has 0 aromatic heterocycles. The summed E-state index contributed by atoms with van der Waals surface area (Å²) in [7, 11) is 0. The zero-order valence-electron chi connectivity index (χ0n) is 9.64. The molecule has 0 radical (unpaired) electrons. The summed E-state index contributed by atoms with van der Waals surface area (Å²) in [6, 6.07) is 0. The van der Waals surface area contributed by atoms with Crippen molar-refractivity contribution in [3.8, 4) is 0 Å². The molecule has 0 aromatic carbocycles. The topological polar surface area (TPSA) is 82.0 Å². The lowest BCUT2D eigenvalue weighted by Gasteiger charge is -2.16. The van der Waals surface area contributed by atoms with Gasteiger partial charge < -0.3 is 25.4 Å². The summed E-state index contributed by atoms with van der Waals surface area (Å²) in [6.45, 7) is 0.745. The molecule has 0 aliphatic heterocycles. The Bertz CT molecular complexity index is 173. The van der Waals surface area contributed by atoms with Crippen molar-refractivity contribution < 1.29 is 20.1 Å². The molecule has 2 unspecified atom stereocenters. The molecular formula is C11H23NO4. The number of aliphatic hydroxyl groups excluding tert-OH is 3. The summed E-state index contributed by atoms with van der Waals surface area (Å²) < 4.78 is 5.55. The van der Waals surface area contributed by atoms with E-state index in [0.29, 0.717) is 19.3 Å². The van der Waals surface area contributed by atoms with Crippen LogP contribution in [0.3, 0.4) is 0 Å². The fourth-order valence-electron chi connectivity index (χ4n) is 1.84. The van der Waals surface area contributed by atoms with Crippen molar-refractivity contribution in [1.82, 2.24) is 5.32 Å². The number of ether oxygens (including phenoxy) is 1. The van der Waals surface area contributed by atoms with Crippen LogP contribution in [-0.2, 0) is 4.74 Å². The average molecular weight is 233 g/mol. The molecule has 1 saturated carbocycles. The zero-order valence-corrected chi connectivity index (χ0v) is 9.64. The molecule has 0 saturated heterocycles. The molecule has 0 aromatic rings. The van der Waals surface area contributed by atoms with Gasteiger partial charge in [0.05, 0.1) is 31.5 Å². The Morgan fingerprint density at radius 2 is 1.75 bits per heavy atom. The fourth-order valence-corrected chi connectivity index (χ4v) is 1.84. The molecule has 16 heavy (non-hydrogen) atoms. The van der Waals surface area contributed by atoms with E-state index in [2.05, 4.69) is 5.32 Å². The third-order valence-electron chi connectivity index (χ3n) is 2.80. The number of aliphatic hydroxyl groups is 3. The van der Waals surface area contributed by atoms with E-state index in [1.165, 1.54) is 12.8 Å². The summed E-state index contributed by atoms with van der Waals surface area (Å²) in [5.74, 6) is 0. The Labute approximate surface area is 96.4 Å². The van der Waals surface area contributed by atoms with Crippen LogP contribution in [0.15, 0.2) is 0 Å². The molecular weight excluding hydrogens is 210 g/mol. The van der Waals surface area contributed by atoms with Gasteiger partial charge in [-0.2, -0.15) is 0 Å². The van der Waals surface area contributed by atoms with Gasteiger partial charge in [-0.25, -0.2) is 0 Å². The van der Waals surface area contributed by atoms with Gasteiger partial charge in [0.25, 0.3) is 0 Å². The van der Waals surface area contributed by atoms with Gasteiger partial charge in [0.1, 0.15) is 0 Å². The second-order valence-electron chi connectivity index (χ2n) is 4.39. The molecule has 5 nitrogen and oxygen atoms in total. The van der Waals surface area contributed by atoms with Crippen molar-refractivity contribution in [3.63, 3.8) is 0 Å². The van der Waals surface area contributed by atoms with Gasteiger partial charge in [0.2, 0.25) is 0 Å². The average Bonchev–Trinajstić information content (AvgIpc) is 2.79. The van der Waals surface area contributed by atoms with E-state index < -0.39 is 12.2 Å². The number of hydrogen-bond donors (Lipinski definition) is 4. The first-order valence-corrected chi connectivity index (χ1v) is 6.01. The van der Waals surface area contributed by atoms with E-state index in [0.717, 1.165) is 12.8 Å². The molecule has 1 rings (SSSR count). The highest BCUT2D eigenvalue weighted by Gasteiger charge is 2.16. The van der Waals surface area contributed by atoms with Gasteiger partial charge in [0.15, 0.2) is 0 Å². The summed E-state index contributed by atoms with van der Waals surface area (Å²) >= 11 is 0. The van der Waals surface area contributed by atoms with Gasteiger partial charge in [-0.3, -0.25) is 0 Å². The van der Waals surface area contributed by atoms with Crippen LogP contribution in [0.5, 0.6) is 0 Å². The third-order valence-corrected chi connectivity index (χ3v) is 2.80. The molecule has 5 heteroatoms. The van der Waals surface area contributed by atoms with Crippen LogP contribution in [0.25, 0.3) is 0 Å². The normalized spacial score (nSPS) is 21.2. The lowest BCUT2D eigenvalue weighted by atomic mass is 10.3. The summed E-state index contributed by atoms with van der Waals surface area (Å²) in [5, 5.41) is 30.1. The first kappa shape index (κ1) is 13.9. The minimum absolute atomic E-state index is 0.262. The van der Waals surface area contributed by atoms with Crippen molar-refractivity contribution in [3.05, 3.63) is 0 Å². The lowest BCUT2D eigenvalue weighted by Crippen LogP contribution is -2.37. The lowest BCUT2D eigenvalue weighted by molar-refractivity contribution is -0.00677. The Hall–Kier alpha value is -0.200. The van der Waals surface area contributed by atoms with E-state index >= 15 is 0 Å². The highest BCUT2D eigenvalue weighted by molar-refractivity contribution is 4.68. The predicted octanol–water partition coefficient (Wildman–Crippen LogP) is -0.751. The molecule has 0 amide bonds. The standard InChI is InChI=1S/C11H23NO4/c13-7-9(14)5-12-6-10(15)8-16-11-3-1-2-4-11/h9-15H,1-8H2. The minimum Gasteiger partial charge on any atom is -0.394 e. The summed E-state index contributed by atoms with van der Waals surface area (Å²) in [4.78, 5) is 0. The highest BCUT2D eigenvalue weighted by Crippen LogP contribution is 2.20. The van der Waals surface area contributed by atoms with E-state index in [9.17, 15) is 5.11 Å². The van der Waals surface area contributed by atoms with Gasteiger partial charge in [-0.15, -0.1) is 0 Å². The number of hydrogen-bond acceptors (Lipinski definition) is 5. The van der Waals surface area contributed by atoms with E-state index in [1.54, 1.807) is 0 Å². The van der Waals surface area contributed by atoms with Gasteiger partial charge >= 0.3 is 0 Å². The summed E-state index contributed by atoms with van der Waals surface area (Å²) in [6.07, 6.45) is 3.66. The Morgan fingerprint density at radius 3 is 2.38 bits per heavy atom. The van der Waals surface area contributed by atoms with Gasteiger partial charge in [-0.1, -0.05) is 12.8 Å². The monoisotopic (exact) mass is 233 g/mol. The molecule has 0 spiro atoms. The van der Waals surface area contributed by atoms with Crippen LogP contribution in [0, 0.1) is 0 Å². The predicted molar refractivity (Wildman–Crippen MR) is 60.2 cm³/mol. The second-order valence-corrected chi connectivity index (χ2v) is 4.39. The Morgan fingerprint density at radius 1 is 1.12 bits per heavy atom. The highest BCUT2D eigenvalue weighted by atomic mass is 16.5. The maximum Gasteiger partial charge on any atom is 0.0897 e. The van der Waals surface area contributed by atoms with Crippen LogP contribution < -0.4 is 5.32 Å². The van der Waals surface area contributed by atoms with E-state index in [1.807, 2.05) is 0 Å². The zero-order chi connectivity index (χ0) is 11.8. The maximum atomic E-state index is 9.56. The van der Waals surface area contributed by atoms with E-state index in [4.69, 9.17) is 14.9 Å². The number of nitrogens with one attached hydrogen (secondary N) is 1. The van der Waals surface area contributed by atoms with E-state index in [-0.39, 0.29) is 13.2 Å². The van der Waals surface area contributed by atoms with Crippen LogP contribution in [0.1, 0.15) is 25.7 Å². The first-order chi connectivity index (χ1) is 7.72. The quantitative estimate of drug-likeness (QED) is 0.443. The Balaban J connectivity index is 1.95. The van der Waals surface area contributed by atoms with Gasteiger partial charge in [-0.05, 0) is 12.8 Å². The molecule has 2 atom stereocenters. The molecule has 4 N–H and O–H groups in total. The third kappa shape index (κ3) is 5.77. The van der Waals surface area contributed by atoms with Gasteiger partial charge in [0, 0.05) is 13.1 Å². The smallest absolute Gasteiger partial charge is 0.0897 e. The maximum absolute atomic E-state index is 9.56. The number of rotatable bonds is 8.